The molecule has 9 heteroatoms. The Morgan fingerprint density at radius 1 is 1.16 bits per heavy atom. The highest BCUT2D eigenvalue weighted by Gasteiger charge is 2.27. The largest absolute Gasteiger partial charge is 0.492 e. The smallest absolute Gasteiger partial charge is 0.243 e. The lowest BCUT2D eigenvalue weighted by molar-refractivity contribution is -0.116. The molecule has 1 amide bonds. The molecule has 1 saturated heterocycles. The molecule has 0 unspecified atom stereocenters. The molecule has 31 heavy (non-hydrogen) atoms. The number of para-hydroxylation sites is 2. The number of hydrogen-bond donors (Lipinski definition) is 1. The molecule has 0 atom stereocenters. The molecule has 4 rings (SSSR count). The van der Waals surface area contributed by atoms with Crippen molar-refractivity contribution in [2.45, 2.75) is 37.6 Å². The minimum atomic E-state index is -3.48. The van der Waals surface area contributed by atoms with Gasteiger partial charge in [-0.15, -0.1) is 0 Å². The Kier molecular flexibility index (Phi) is 6.24. The molecular formula is C22H26N4O4S. The van der Waals surface area contributed by atoms with Crippen molar-refractivity contribution in [2.24, 2.45) is 0 Å². The van der Waals surface area contributed by atoms with E-state index in [0.717, 1.165) is 18.4 Å². The minimum absolute atomic E-state index is 0.137. The van der Waals surface area contributed by atoms with Gasteiger partial charge in [-0.1, -0.05) is 12.1 Å². The third kappa shape index (κ3) is 4.57. The van der Waals surface area contributed by atoms with Crippen LogP contribution < -0.4 is 10.1 Å². The van der Waals surface area contributed by atoms with Crippen molar-refractivity contribution in [3.63, 3.8) is 0 Å². The van der Waals surface area contributed by atoms with Crippen LogP contribution in [0.5, 0.6) is 5.75 Å². The minimum Gasteiger partial charge on any atom is -0.492 e. The van der Waals surface area contributed by atoms with Crippen LogP contribution in [0.1, 0.15) is 26.2 Å². The number of anilines is 1. The zero-order valence-electron chi connectivity index (χ0n) is 17.5. The number of aromatic nitrogens is 2. The van der Waals surface area contributed by atoms with Gasteiger partial charge in [0.05, 0.1) is 34.6 Å². The van der Waals surface area contributed by atoms with Crippen molar-refractivity contribution >= 4 is 32.7 Å². The van der Waals surface area contributed by atoms with Crippen molar-refractivity contribution < 1.29 is 17.9 Å². The Morgan fingerprint density at radius 3 is 2.71 bits per heavy atom. The molecule has 1 aromatic heterocycles. The van der Waals surface area contributed by atoms with Crippen molar-refractivity contribution in [2.75, 3.05) is 25.0 Å². The Bertz CT molecular complexity index is 1180. The Hall–Kier alpha value is -2.91. The van der Waals surface area contributed by atoms with E-state index in [1.165, 1.54) is 4.31 Å². The van der Waals surface area contributed by atoms with Crippen LogP contribution in [0.25, 0.3) is 11.0 Å². The number of carbonyl (C=O) groups excluding carboxylic acids is 1. The van der Waals surface area contributed by atoms with E-state index >= 15 is 0 Å². The molecule has 1 fully saturated rings. The molecule has 8 nitrogen and oxygen atoms in total. The lowest BCUT2D eigenvalue weighted by atomic mass is 10.2. The molecule has 164 valence electrons. The summed E-state index contributed by atoms with van der Waals surface area (Å²) >= 11 is 0. The summed E-state index contributed by atoms with van der Waals surface area (Å²) in [4.78, 5) is 17.1. The molecule has 2 aromatic carbocycles. The number of benzene rings is 2. The molecule has 0 aliphatic carbocycles. The summed E-state index contributed by atoms with van der Waals surface area (Å²) in [6.07, 6.45) is 3.68. The predicted molar refractivity (Wildman–Crippen MR) is 119 cm³/mol. The van der Waals surface area contributed by atoms with Gasteiger partial charge in [0.25, 0.3) is 0 Å². The fourth-order valence-corrected chi connectivity index (χ4v) is 5.28. The number of nitrogens with zero attached hydrogens (tertiary/aromatic N) is 3. The molecule has 0 bridgehead atoms. The number of nitrogens with one attached hydrogen (secondary N) is 1. The third-order valence-electron chi connectivity index (χ3n) is 5.34. The van der Waals surface area contributed by atoms with Gasteiger partial charge in [0.2, 0.25) is 15.9 Å². The summed E-state index contributed by atoms with van der Waals surface area (Å²) in [5.41, 5.74) is 2.03. The standard InChI is InChI=1S/C22H26N4O4S/c1-2-30-21-8-4-3-7-18(21)24-22(27)11-14-25-16-23-19-15-17(9-10-20(19)25)31(28,29)26-12-5-6-13-26/h3-4,7-10,15-16H,2,5-6,11-14H2,1H3,(H,24,27). The SMILES string of the molecule is CCOc1ccccc1NC(=O)CCn1cnc2cc(S(=O)(=O)N3CCCC3)ccc21. The van der Waals surface area contributed by atoms with E-state index in [1.54, 1.807) is 30.6 Å². The number of rotatable bonds is 8. The van der Waals surface area contributed by atoms with Gasteiger partial charge < -0.3 is 14.6 Å². The first-order chi connectivity index (χ1) is 15.0. The summed E-state index contributed by atoms with van der Waals surface area (Å²) in [5.74, 6) is 0.500. The molecule has 1 aliphatic heterocycles. The first-order valence-corrected chi connectivity index (χ1v) is 11.9. The molecule has 0 radical (unpaired) electrons. The molecule has 2 heterocycles. The van der Waals surface area contributed by atoms with Crippen molar-refractivity contribution in [1.82, 2.24) is 13.9 Å². The zero-order chi connectivity index (χ0) is 21.8. The van der Waals surface area contributed by atoms with Crippen LogP contribution in [0.15, 0.2) is 53.7 Å². The van der Waals surface area contributed by atoms with Crippen LogP contribution in [0.2, 0.25) is 0 Å². The quantitative estimate of drug-likeness (QED) is 0.578. The van der Waals surface area contributed by atoms with Crippen LogP contribution in [-0.2, 0) is 21.4 Å². The number of carbonyl (C=O) groups is 1. The maximum atomic E-state index is 12.8. The van der Waals surface area contributed by atoms with E-state index in [-0.39, 0.29) is 17.2 Å². The first-order valence-electron chi connectivity index (χ1n) is 10.5. The number of amides is 1. The maximum absolute atomic E-state index is 12.8. The summed E-state index contributed by atoms with van der Waals surface area (Å²) in [7, 11) is -3.48. The van der Waals surface area contributed by atoms with Gasteiger partial charge in [-0.25, -0.2) is 13.4 Å². The summed E-state index contributed by atoms with van der Waals surface area (Å²) < 4.78 is 34.5. The number of sulfonamides is 1. The summed E-state index contributed by atoms with van der Waals surface area (Å²) in [6.45, 7) is 3.97. The topological polar surface area (TPSA) is 93.5 Å². The average molecular weight is 443 g/mol. The second-order valence-electron chi connectivity index (χ2n) is 7.43. The number of ether oxygens (including phenoxy) is 1. The van der Waals surface area contributed by atoms with E-state index < -0.39 is 10.0 Å². The molecular weight excluding hydrogens is 416 g/mol. The second-order valence-corrected chi connectivity index (χ2v) is 9.36. The first kappa shape index (κ1) is 21.3. The Labute approximate surface area is 181 Å². The van der Waals surface area contributed by atoms with E-state index in [2.05, 4.69) is 10.3 Å². The summed E-state index contributed by atoms with van der Waals surface area (Å²) in [5, 5.41) is 2.88. The van der Waals surface area contributed by atoms with E-state index in [9.17, 15) is 13.2 Å². The van der Waals surface area contributed by atoms with Gasteiger partial charge in [-0.05, 0) is 50.1 Å². The van der Waals surface area contributed by atoms with Crippen LogP contribution in [-0.4, -0.2) is 47.9 Å². The monoisotopic (exact) mass is 442 g/mol. The maximum Gasteiger partial charge on any atom is 0.243 e. The van der Waals surface area contributed by atoms with Crippen LogP contribution in [0.3, 0.4) is 0 Å². The fourth-order valence-electron chi connectivity index (χ4n) is 3.75. The van der Waals surface area contributed by atoms with Gasteiger partial charge in [0.15, 0.2) is 0 Å². The van der Waals surface area contributed by atoms with Crippen LogP contribution in [0, 0.1) is 0 Å². The molecule has 3 aromatic rings. The normalized spacial score (nSPS) is 14.7. The molecule has 1 N–H and O–H groups in total. The molecule has 0 spiro atoms. The number of imidazole rings is 1. The number of fused-ring (bicyclic) bond motifs is 1. The van der Waals surface area contributed by atoms with Crippen LogP contribution >= 0.6 is 0 Å². The Balaban J connectivity index is 1.44. The fraction of sp³-hybridized carbons (Fsp3) is 0.364. The highest BCUT2D eigenvalue weighted by Crippen LogP contribution is 2.25. The molecule has 1 aliphatic rings. The van der Waals surface area contributed by atoms with Gasteiger partial charge in [-0.2, -0.15) is 4.31 Å². The molecule has 0 saturated carbocycles. The zero-order valence-corrected chi connectivity index (χ0v) is 18.3. The highest BCUT2D eigenvalue weighted by atomic mass is 32.2. The van der Waals surface area contributed by atoms with Crippen molar-refractivity contribution in [3.8, 4) is 5.75 Å². The predicted octanol–water partition coefficient (Wildman–Crippen LogP) is 3.25. The number of hydrogen-bond acceptors (Lipinski definition) is 5. The number of aryl methyl sites for hydroxylation is 1. The lowest BCUT2D eigenvalue weighted by Gasteiger charge is -2.15. The van der Waals surface area contributed by atoms with Gasteiger partial charge >= 0.3 is 0 Å². The highest BCUT2D eigenvalue weighted by molar-refractivity contribution is 7.89. The van der Waals surface area contributed by atoms with Crippen molar-refractivity contribution in [1.29, 1.82) is 0 Å². The van der Waals surface area contributed by atoms with Gasteiger partial charge in [0, 0.05) is 26.1 Å². The lowest BCUT2D eigenvalue weighted by Crippen LogP contribution is -2.27. The average Bonchev–Trinajstić information content (AvgIpc) is 3.44. The van der Waals surface area contributed by atoms with Gasteiger partial charge in [0.1, 0.15) is 5.75 Å². The summed E-state index contributed by atoms with van der Waals surface area (Å²) in [6, 6.07) is 12.3. The van der Waals surface area contributed by atoms with Crippen LogP contribution in [0.4, 0.5) is 5.69 Å². The van der Waals surface area contributed by atoms with E-state index in [0.29, 0.717) is 43.2 Å². The van der Waals surface area contributed by atoms with Gasteiger partial charge in [-0.3, -0.25) is 4.79 Å². The van der Waals surface area contributed by atoms with E-state index in [4.69, 9.17) is 4.74 Å². The second kappa shape index (κ2) is 9.07. The Morgan fingerprint density at radius 2 is 1.94 bits per heavy atom. The van der Waals surface area contributed by atoms with Crippen molar-refractivity contribution in [3.05, 3.63) is 48.8 Å². The van der Waals surface area contributed by atoms with E-state index in [1.807, 2.05) is 29.7 Å². The third-order valence-corrected chi connectivity index (χ3v) is 7.23.